The van der Waals surface area contributed by atoms with Gasteiger partial charge in [-0.2, -0.15) is 0 Å². The van der Waals surface area contributed by atoms with Crippen molar-refractivity contribution in [2.75, 3.05) is 38.3 Å². The Hall–Kier alpha value is -1.85. The van der Waals surface area contributed by atoms with Gasteiger partial charge in [0.15, 0.2) is 0 Å². The lowest BCUT2D eigenvalue weighted by Crippen LogP contribution is -2.23. The number of hydrogen-bond donors (Lipinski definition) is 1. The van der Waals surface area contributed by atoms with Crippen LogP contribution in [0.25, 0.3) is 10.9 Å². The third-order valence-electron chi connectivity index (χ3n) is 4.23. The van der Waals surface area contributed by atoms with Gasteiger partial charge in [0.2, 0.25) is 0 Å². The average molecular weight is 316 g/mol. The van der Waals surface area contributed by atoms with Gasteiger partial charge in [-0.15, -0.1) is 0 Å². The number of ether oxygens (including phenoxy) is 2. The SMILES string of the molecule is COCCCO[C@H]1CCN(c2cc(C)nc3cc(O)ccc23)C1. The summed E-state index contributed by atoms with van der Waals surface area (Å²) in [5.41, 5.74) is 2.97. The molecule has 0 unspecified atom stereocenters. The molecule has 0 bridgehead atoms. The van der Waals surface area contributed by atoms with Crippen LogP contribution in [-0.4, -0.2) is 49.6 Å². The van der Waals surface area contributed by atoms with Gasteiger partial charge in [-0.25, -0.2) is 0 Å². The fourth-order valence-electron chi connectivity index (χ4n) is 3.12. The van der Waals surface area contributed by atoms with Gasteiger partial charge in [-0.05, 0) is 38.0 Å². The van der Waals surface area contributed by atoms with Crippen LogP contribution in [0.2, 0.25) is 0 Å². The van der Waals surface area contributed by atoms with E-state index in [1.54, 1.807) is 19.2 Å². The van der Waals surface area contributed by atoms with Gasteiger partial charge in [0, 0.05) is 56.2 Å². The highest BCUT2D eigenvalue weighted by molar-refractivity contribution is 5.92. The van der Waals surface area contributed by atoms with Crippen molar-refractivity contribution in [1.29, 1.82) is 0 Å². The monoisotopic (exact) mass is 316 g/mol. The van der Waals surface area contributed by atoms with Crippen molar-refractivity contribution in [3.63, 3.8) is 0 Å². The van der Waals surface area contributed by atoms with E-state index in [9.17, 15) is 5.11 Å². The van der Waals surface area contributed by atoms with E-state index in [0.29, 0.717) is 0 Å². The number of pyridine rings is 1. The third kappa shape index (κ3) is 3.74. The molecule has 1 atom stereocenters. The van der Waals surface area contributed by atoms with Crippen molar-refractivity contribution < 1.29 is 14.6 Å². The highest BCUT2D eigenvalue weighted by Crippen LogP contribution is 2.31. The minimum Gasteiger partial charge on any atom is -0.508 e. The van der Waals surface area contributed by atoms with E-state index in [2.05, 4.69) is 16.0 Å². The van der Waals surface area contributed by atoms with Crippen molar-refractivity contribution in [3.05, 3.63) is 30.0 Å². The second-order valence-electron chi connectivity index (χ2n) is 6.06. The fourth-order valence-corrected chi connectivity index (χ4v) is 3.12. The van der Waals surface area contributed by atoms with E-state index < -0.39 is 0 Å². The van der Waals surface area contributed by atoms with Crippen LogP contribution in [0.15, 0.2) is 24.3 Å². The Morgan fingerprint density at radius 2 is 2.17 bits per heavy atom. The minimum absolute atomic E-state index is 0.252. The summed E-state index contributed by atoms with van der Waals surface area (Å²) in [5.74, 6) is 0.252. The van der Waals surface area contributed by atoms with E-state index in [1.807, 2.05) is 13.0 Å². The Labute approximate surface area is 136 Å². The maximum Gasteiger partial charge on any atom is 0.117 e. The van der Waals surface area contributed by atoms with E-state index in [-0.39, 0.29) is 11.9 Å². The molecule has 1 aliphatic heterocycles. The largest absolute Gasteiger partial charge is 0.508 e. The molecule has 1 N–H and O–H groups in total. The first kappa shape index (κ1) is 16.0. The van der Waals surface area contributed by atoms with Gasteiger partial charge in [-0.3, -0.25) is 4.98 Å². The standard InChI is InChI=1S/C18H24N2O3/c1-13-10-18(16-5-4-14(21)11-17(16)19-13)20-7-6-15(12-20)23-9-3-8-22-2/h4-5,10-11,15,21H,3,6-9,12H2,1-2H3/t15-/m0/s1. The number of aromatic nitrogens is 1. The first-order chi connectivity index (χ1) is 11.2. The lowest BCUT2D eigenvalue weighted by molar-refractivity contribution is 0.0523. The minimum atomic E-state index is 0.252. The second kappa shape index (κ2) is 7.15. The van der Waals surface area contributed by atoms with Crippen LogP contribution in [0.4, 0.5) is 5.69 Å². The quantitative estimate of drug-likeness (QED) is 0.831. The smallest absolute Gasteiger partial charge is 0.117 e. The molecule has 2 heterocycles. The predicted octanol–water partition coefficient (Wildman–Crippen LogP) is 2.88. The highest BCUT2D eigenvalue weighted by Gasteiger charge is 2.24. The number of hydrogen-bond acceptors (Lipinski definition) is 5. The number of anilines is 1. The van der Waals surface area contributed by atoms with Crippen molar-refractivity contribution in [1.82, 2.24) is 4.98 Å². The van der Waals surface area contributed by atoms with E-state index in [1.165, 1.54) is 5.69 Å². The zero-order valence-electron chi connectivity index (χ0n) is 13.8. The number of nitrogens with zero attached hydrogens (tertiary/aromatic N) is 2. The normalized spacial score (nSPS) is 18.0. The molecule has 0 radical (unpaired) electrons. The Kier molecular flexibility index (Phi) is 4.98. The van der Waals surface area contributed by atoms with Gasteiger partial charge in [0.1, 0.15) is 5.75 Å². The first-order valence-corrected chi connectivity index (χ1v) is 8.13. The zero-order chi connectivity index (χ0) is 16.2. The molecule has 0 spiro atoms. The van der Waals surface area contributed by atoms with E-state index in [4.69, 9.17) is 9.47 Å². The zero-order valence-corrected chi connectivity index (χ0v) is 13.8. The van der Waals surface area contributed by atoms with Crippen molar-refractivity contribution >= 4 is 16.6 Å². The third-order valence-corrected chi connectivity index (χ3v) is 4.23. The first-order valence-electron chi connectivity index (χ1n) is 8.13. The molecule has 1 saturated heterocycles. The number of phenols is 1. The molecule has 3 rings (SSSR count). The Bertz CT molecular complexity index is 669. The van der Waals surface area contributed by atoms with Gasteiger partial charge in [0.25, 0.3) is 0 Å². The molecular weight excluding hydrogens is 292 g/mol. The Balaban J connectivity index is 1.74. The number of benzene rings is 1. The number of aromatic hydroxyl groups is 1. The summed E-state index contributed by atoms with van der Waals surface area (Å²) in [6.07, 6.45) is 2.24. The summed E-state index contributed by atoms with van der Waals surface area (Å²) in [5, 5.41) is 10.8. The molecule has 0 saturated carbocycles. The molecule has 23 heavy (non-hydrogen) atoms. The van der Waals surface area contributed by atoms with Crippen LogP contribution in [-0.2, 0) is 9.47 Å². The number of rotatable bonds is 6. The lowest BCUT2D eigenvalue weighted by atomic mass is 10.1. The van der Waals surface area contributed by atoms with E-state index >= 15 is 0 Å². The molecule has 1 aromatic carbocycles. The molecular formula is C18H24N2O3. The fraction of sp³-hybridized carbons (Fsp3) is 0.500. The summed E-state index contributed by atoms with van der Waals surface area (Å²) in [6.45, 7) is 5.35. The summed E-state index contributed by atoms with van der Waals surface area (Å²) in [6, 6.07) is 7.50. The highest BCUT2D eigenvalue weighted by atomic mass is 16.5. The summed E-state index contributed by atoms with van der Waals surface area (Å²) < 4.78 is 11.0. The molecule has 124 valence electrons. The van der Waals surface area contributed by atoms with Gasteiger partial charge in [-0.1, -0.05) is 0 Å². The van der Waals surface area contributed by atoms with Crippen molar-refractivity contribution in [2.24, 2.45) is 0 Å². The van der Waals surface area contributed by atoms with Crippen molar-refractivity contribution in [2.45, 2.75) is 25.9 Å². The van der Waals surface area contributed by atoms with Gasteiger partial charge >= 0.3 is 0 Å². The van der Waals surface area contributed by atoms with Crippen molar-refractivity contribution in [3.8, 4) is 5.75 Å². The van der Waals surface area contributed by atoms with Crippen LogP contribution in [0.1, 0.15) is 18.5 Å². The lowest BCUT2D eigenvalue weighted by Gasteiger charge is -2.21. The Morgan fingerprint density at radius 1 is 1.30 bits per heavy atom. The molecule has 0 aliphatic carbocycles. The predicted molar refractivity (Wildman–Crippen MR) is 91.2 cm³/mol. The molecule has 1 aromatic heterocycles. The number of phenolic OH excluding ortho intramolecular Hbond substituents is 1. The molecule has 1 aliphatic rings. The van der Waals surface area contributed by atoms with Crippen LogP contribution >= 0.6 is 0 Å². The Morgan fingerprint density at radius 3 is 3.00 bits per heavy atom. The van der Waals surface area contributed by atoms with Crippen LogP contribution in [0, 0.1) is 6.92 Å². The molecule has 2 aromatic rings. The molecule has 5 nitrogen and oxygen atoms in total. The number of aryl methyl sites for hydroxylation is 1. The molecule has 1 fully saturated rings. The number of methoxy groups -OCH3 is 1. The van der Waals surface area contributed by atoms with Gasteiger partial charge < -0.3 is 19.5 Å². The summed E-state index contributed by atoms with van der Waals surface area (Å²) in [4.78, 5) is 6.88. The molecule has 5 heteroatoms. The molecule has 0 amide bonds. The topological polar surface area (TPSA) is 54.8 Å². The van der Waals surface area contributed by atoms with Crippen LogP contribution < -0.4 is 4.90 Å². The number of fused-ring (bicyclic) bond motifs is 1. The summed E-state index contributed by atoms with van der Waals surface area (Å²) >= 11 is 0. The van der Waals surface area contributed by atoms with E-state index in [0.717, 1.165) is 55.7 Å². The van der Waals surface area contributed by atoms with Crippen LogP contribution in [0.5, 0.6) is 5.75 Å². The van der Waals surface area contributed by atoms with Crippen LogP contribution in [0.3, 0.4) is 0 Å². The summed E-state index contributed by atoms with van der Waals surface area (Å²) in [7, 11) is 1.71. The maximum atomic E-state index is 9.68. The van der Waals surface area contributed by atoms with Gasteiger partial charge in [0.05, 0.1) is 11.6 Å². The average Bonchev–Trinajstić information content (AvgIpc) is 2.99. The maximum absolute atomic E-state index is 9.68. The second-order valence-corrected chi connectivity index (χ2v) is 6.06.